The number of ether oxygens (including phenoxy) is 1. The van der Waals surface area contributed by atoms with Crippen molar-refractivity contribution in [2.24, 2.45) is 0 Å². The summed E-state index contributed by atoms with van der Waals surface area (Å²) in [5.41, 5.74) is 1.18. The van der Waals surface area contributed by atoms with Crippen LogP contribution in [0.25, 0.3) is 0 Å². The second-order valence-electron chi connectivity index (χ2n) is 3.22. The highest BCUT2D eigenvalue weighted by molar-refractivity contribution is 5.02. The first-order chi connectivity index (χ1) is 7.36. The molecular weight excluding hydrogens is 194 g/mol. The van der Waals surface area contributed by atoms with Crippen LogP contribution in [0.5, 0.6) is 0 Å². The van der Waals surface area contributed by atoms with Crippen molar-refractivity contribution >= 4 is 0 Å². The van der Waals surface area contributed by atoms with E-state index in [1.807, 2.05) is 17.1 Å². The summed E-state index contributed by atoms with van der Waals surface area (Å²) in [6.07, 6.45) is 3.90. The Balaban J connectivity index is 2.04. The van der Waals surface area contributed by atoms with Gasteiger partial charge < -0.3 is 15.2 Å². The van der Waals surface area contributed by atoms with E-state index in [0.29, 0.717) is 13.2 Å². The average Bonchev–Trinajstić information content (AvgIpc) is 2.71. The number of aryl methyl sites for hydroxylation is 1. The standard InChI is InChI=1S/C10H19N3O2/c1-2-13-9-10(8-12-13)7-11-3-5-15-6-4-14/h8-9,11,14H,2-7H2,1H3. The van der Waals surface area contributed by atoms with Gasteiger partial charge in [0.15, 0.2) is 0 Å². The number of hydrogen-bond acceptors (Lipinski definition) is 4. The largest absolute Gasteiger partial charge is 0.394 e. The maximum absolute atomic E-state index is 8.47. The van der Waals surface area contributed by atoms with Gasteiger partial charge in [0.25, 0.3) is 0 Å². The Kier molecular flexibility index (Phi) is 5.99. The Morgan fingerprint density at radius 1 is 1.53 bits per heavy atom. The molecule has 1 aromatic rings. The number of nitrogens with one attached hydrogen (secondary N) is 1. The number of nitrogens with zero attached hydrogens (tertiary/aromatic N) is 2. The molecule has 15 heavy (non-hydrogen) atoms. The fourth-order valence-electron chi connectivity index (χ4n) is 1.21. The summed E-state index contributed by atoms with van der Waals surface area (Å²) in [7, 11) is 0. The number of hydrogen-bond donors (Lipinski definition) is 2. The van der Waals surface area contributed by atoms with Crippen molar-refractivity contribution < 1.29 is 9.84 Å². The molecule has 5 heteroatoms. The molecule has 0 unspecified atom stereocenters. The van der Waals surface area contributed by atoms with E-state index in [9.17, 15) is 0 Å². The molecule has 0 aromatic carbocycles. The molecule has 1 rings (SSSR count). The molecule has 0 aliphatic rings. The van der Waals surface area contributed by atoms with Gasteiger partial charge >= 0.3 is 0 Å². The summed E-state index contributed by atoms with van der Waals surface area (Å²) >= 11 is 0. The lowest BCUT2D eigenvalue weighted by Crippen LogP contribution is -2.19. The Labute approximate surface area is 90.1 Å². The molecule has 0 atom stereocenters. The van der Waals surface area contributed by atoms with E-state index in [4.69, 9.17) is 9.84 Å². The van der Waals surface area contributed by atoms with Crippen LogP contribution < -0.4 is 5.32 Å². The third-order valence-corrected chi connectivity index (χ3v) is 2.00. The van der Waals surface area contributed by atoms with Crippen molar-refractivity contribution in [2.75, 3.05) is 26.4 Å². The van der Waals surface area contributed by atoms with Crippen LogP contribution in [0.4, 0.5) is 0 Å². The number of aromatic nitrogens is 2. The van der Waals surface area contributed by atoms with Gasteiger partial charge in [0, 0.05) is 31.4 Å². The lowest BCUT2D eigenvalue weighted by molar-refractivity contribution is 0.0938. The number of rotatable bonds is 8. The first kappa shape index (κ1) is 12.2. The normalized spacial score (nSPS) is 10.8. The van der Waals surface area contributed by atoms with Crippen molar-refractivity contribution in [1.82, 2.24) is 15.1 Å². The molecule has 0 aliphatic heterocycles. The molecular formula is C10H19N3O2. The highest BCUT2D eigenvalue weighted by Gasteiger charge is 1.96. The minimum atomic E-state index is 0.0866. The van der Waals surface area contributed by atoms with Crippen LogP contribution >= 0.6 is 0 Å². The zero-order valence-electron chi connectivity index (χ0n) is 9.15. The number of aliphatic hydroxyl groups is 1. The van der Waals surface area contributed by atoms with E-state index >= 15 is 0 Å². The summed E-state index contributed by atoms with van der Waals surface area (Å²) in [5.74, 6) is 0. The van der Waals surface area contributed by atoms with E-state index in [1.165, 1.54) is 5.56 Å². The van der Waals surface area contributed by atoms with Gasteiger partial charge in [-0.25, -0.2) is 0 Å². The van der Waals surface area contributed by atoms with Gasteiger partial charge in [-0.15, -0.1) is 0 Å². The Morgan fingerprint density at radius 3 is 3.07 bits per heavy atom. The van der Waals surface area contributed by atoms with Gasteiger partial charge in [-0.05, 0) is 6.92 Å². The van der Waals surface area contributed by atoms with Crippen LogP contribution in [0.15, 0.2) is 12.4 Å². The fourth-order valence-corrected chi connectivity index (χ4v) is 1.21. The molecule has 0 amide bonds. The Bertz CT molecular complexity index is 263. The molecule has 86 valence electrons. The SMILES string of the molecule is CCn1cc(CNCCOCCO)cn1. The van der Waals surface area contributed by atoms with Crippen molar-refractivity contribution in [2.45, 2.75) is 20.0 Å². The fraction of sp³-hybridized carbons (Fsp3) is 0.700. The van der Waals surface area contributed by atoms with Crippen LogP contribution in [0, 0.1) is 0 Å². The van der Waals surface area contributed by atoms with E-state index in [1.54, 1.807) is 0 Å². The molecule has 0 saturated heterocycles. The number of aliphatic hydroxyl groups excluding tert-OH is 1. The van der Waals surface area contributed by atoms with E-state index in [2.05, 4.69) is 17.3 Å². The third-order valence-electron chi connectivity index (χ3n) is 2.00. The van der Waals surface area contributed by atoms with E-state index < -0.39 is 0 Å². The predicted octanol–water partition coefficient (Wildman–Crippen LogP) is 0.00150. The molecule has 0 aliphatic carbocycles. The van der Waals surface area contributed by atoms with Gasteiger partial charge in [0.2, 0.25) is 0 Å². The molecule has 2 N–H and O–H groups in total. The quantitative estimate of drug-likeness (QED) is 0.597. The maximum Gasteiger partial charge on any atom is 0.0698 e. The predicted molar refractivity (Wildman–Crippen MR) is 57.5 cm³/mol. The van der Waals surface area contributed by atoms with Crippen molar-refractivity contribution in [3.8, 4) is 0 Å². The third kappa shape index (κ3) is 4.92. The second-order valence-corrected chi connectivity index (χ2v) is 3.22. The summed E-state index contributed by atoms with van der Waals surface area (Å²) in [4.78, 5) is 0. The first-order valence-electron chi connectivity index (χ1n) is 5.27. The Morgan fingerprint density at radius 2 is 2.40 bits per heavy atom. The molecule has 1 heterocycles. The van der Waals surface area contributed by atoms with Crippen LogP contribution in [-0.4, -0.2) is 41.3 Å². The van der Waals surface area contributed by atoms with Gasteiger partial charge in [0.05, 0.1) is 26.0 Å². The average molecular weight is 213 g/mol. The van der Waals surface area contributed by atoms with Gasteiger partial charge in [-0.1, -0.05) is 0 Å². The monoisotopic (exact) mass is 213 g/mol. The molecule has 0 fully saturated rings. The van der Waals surface area contributed by atoms with Crippen molar-refractivity contribution in [1.29, 1.82) is 0 Å². The molecule has 1 aromatic heterocycles. The zero-order chi connectivity index (χ0) is 10.9. The summed E-state index contributed by atoms with van der Waals surface area (Å²) in [5, 5.41) is 15.9. The van der Waals surface area contributed by atoms with Gasteiger partial charge in [-0.3, -0.25) is 4.68 Å². The minimum absolute atomic E-state index is 0.0866. The summed E-state index contributed by atoms with van der Waals surface area (Å²) in [6, 6.07) is 0. The lowest BCUT2D eigenvalue weighted by atomic mass is 10.3. The lowest BCUT2D eigenvalue weighted by Gasteiger charge is -2.03. The van der Waals surface area contributed by atoms with E-state index in [0.717, 1.165) is 19.6 Å². The first-order valence-corrected chi connectivity index (χ1v) is 5.27. The summed E-state index contributed by atoms with van der Waals surface area (Å²) in [6.45, 7) is 5.69. The van der Waals surface area contributed by atoms with Crippen LogP contribution in [0.2, 0.25) is 0 Å². The topological polar surface area (TPSA) is 59.3 Å². The highest BCUT2D eigenvalue weighted by Crippen LogP contribution is 1.96. The van der Waals surface area contributed by atoms with Crippen molar-refractivity contribution in [3.63, 3.8) is 0 Å². The van der Waals surface area contributed by atoms with Crippen LogP contribution in [0.1, 0.15) is 12.5 Å². The van der Waals surface area contributed by atoms with Crippen LogP contribution in [0.3, 0.4) is 0 Å². The Hall–Kier alpha value is -0.910. The zero-order valence-corrected chi connectivity index (χ0v) is 9.15. The molecule has 0 saturated carbocycles. The van der Waals surface area contributed by atoms with Crippen molar-refractivity contribution in [3.05, 3.63) is 18.0 Å². The highest BCUT2D eigenvalue weighted by atomic mass is 16.5. The smallest absolute Gasteiger partial charge is 0.0698 e. The molecule has 5 nitrogen and oxygen atoms in total. The molecule has 0 bridgehead atoms. The van der Waals surface area contributed by atoms with Gasteiger partial charge in [-0.2, -0.15) is 5.10 Å². The molecule has 0 radical (unpaired) electrons. The summed E-state index contributed by atoms with van der Waals surface area (Å²) < 4.78 is 7.02. The minimum Gasteiger partial charge on any atom is -0.394 e. The second kappa shape index (κ2) is 7.39. The van der Waals surface area contributed by atoms with Crippen LogP contribution in [-0.2, 0) is 17.8 Å². The molecule has 0 spiro atoms. The maximum atomic E-state index is 8.47. The van der Waals surface area contributed by atoms with E-state index in [-0.39, 0.29) is 6.61 Å². The van der Waals surface area contributed by atoms with Gasteiger partial charge in [0.1, 0.15) is 0 Å².